The minimum absolute atomic E-state index is 0.0348. The molecule has 0 saturated heterocycles. The summed E-state index contributed by atoms with van der Waals surface area (Å²) in [6.45, 7) is 2.01. The maximum absolute atomic E-state index is 11.4. The van der Waals surface area contributed by atoms with Crippen molar-refractivity contribution in [2.45, 2.75) is 57.3 Å². The number of fused-ring (bicyclic) bond motifs is 1. The number of ether oxygens (including phenoxy) is 2. The highest BCUT2D eigenvalue weighted by Crippen LogP contribution is 2.36. The van der Waals surface area contributed by atoms with E-state index in [1.54, 1.807) is 6.07 Å². The summed E-state index contributed by atoms with van der Waals surface area (Å²) in [5, 5.41) is 16.8. The number of hydrogen-bond acceptors (Lipinski definition) is 8. The molecule has 2 aliphatic rings. The number of nitrogens with zero attached hydrogens (tertiary/aromatic N) is 3. The average Bonchev–Trinajstić information content (AvgIpc) is 3.42. The third kappa shape index (κ3) is 5.96. The first-order chi connectivity index (χ1) is 15.2. The van der Waals surface area contributed by atoms with E-state index in [0.717, 1.165) is 50.2 Å². The predicted molar refractivity (Wildman–Crippen MR) is 113 cm³/mol. The molecular weight excluding hydrogens is 400 g/mol. The fourth-order valence-corrected chi connectivity index (χ4v) is 3.85. The van der Waals surface area contributed by atoms with Crippen LogP contribution in [0.4, 0.5) is 0 Å². The second-order valence-electron chi connectivity index (χ2n) is 7.89. The standard InChI is InChI=1S/C22H28N4O5/c27-22(28)13-16(15-7-8-17-18(11-15)30-14-29-17)12-21-25-20(26-31-21)6-2-4-10-24-19-5-1-3-9-23-19/h7-8,11,16H,1-6,9-10,12-14H2,(H,23,24)(H,27,28). The van der Waals surface area contributed by atoms with Crippen molar-refractivity contribution in [1.82, 2.24) is 15.5 Å². The number of aliphatic imine (C=N–C) groups is 1. The smallest absolute Gasteiger partial charge is 0.303 e. The number of carbonyl (C=O) groups is 1. The van der Waals surface area contributed by atoms with E-state index < -0.39 is 5.97 Å². The second-order valence-corrected chi connectivity index (χ2v) is 7.89. The fraction of sp³-hybridized carbons (Fsp3) is 0.545. The van der Waals surface area contributed by atoms with E-state index >= 15 is 0 Å². The lowest BCUT2D eigenvalue weighted by Gasteiger charge is -2.13. The van der Waals surface area contributed by atoms with Gasteiger partial charge in [0.2, 0.25) is 12.7 Å². The largest absolute Gasteiger partial charge is 0.481 e. The molecule has 0 saturated carbocycles. The van der Waals surface area contributed by atoms with Crippen molar-refractivity contribution < 1.29 is 23.9 Å². The Morgan fingerprint density at radius 2 is 2.10 bits per heavy atom. The van der Waals surface area contributed by atoms with Gasteiger partial charge in [0.15, 0.2) is 17.3 Å². The van der Waals surface area contributed by atoms with Gasteiger partial charge in [0.05, 0.1) is 12.3 Å². The quantitative estimate of drug-likeness (QED) is 0.554. The molecule has 1 atom stereocenters. The van der Waals surface area contributed by atoms with E-state index in [1.807, 2.05) is 12.1 Å². The Labute approximate surface area is 180 Å². The van der Waals surface area contributed by atoms with Gasteiger partial charge in [-0.1, -0.05) is 11.2 Å². The Morgan fingerprint density at radius 1 is 1.19 bits per heavy atom. The maximum atomic E-state index is 11.4. The highest BCUT2D eigenvalue weighted by atomic mass is 16.7. The minimum atomic E-state index is -0.877. The molecule has 1 unspecified atom stereocenters. The number of nitrogens with one attached hydrogen (secondary N) is 1. The lowest BCUT2D eigenvalue weighted by molar-refractivity contribution is -0.137. The molecule has 0 spiro atoms. The van der Waals surface area contributed by atoms with Crippen LogP contribution in [0.1, 0.15) is 61.7 Å². The van der Waals surface area contributed by atoms with E-state index in [1.165, 1.54) is 12.8 Å². The van der Waals surface area contributed by atoms with Crippen molar-refractivity contribution in [3.63, 3.8) is 0 Å². The molecule has 9 heteroatoms. The third-order valence-corrected chi connectivity index (χ3v) is 5.50. The fourth-order valence-electron chi connectivity index (χ4n) is 3.85. The Hall–Kier alpha value is -3.10. The van der Waals surface area contributed by atoms with Gasteiger partial charge in [0, 0.05) is 38.3 Å². The van der Waals surface area contributed by atoms with Crippen molar-refractivity contribution in [2.75, 3.05) is 19.9 Å². The lowest BCUT2D eigenvalue weighted by atomic mass is 9.92. The van der Waals surface area contributed by atoms with Crippen molar-refractivity contribution in [3.8, 4) is 11.5 Å². The van der Waals surface area contributed by atoms with Crippen LogP contribution in [0.3, 0.4) is 0 Å². The van der Waals surface area contributed by atoms with Gasteiger partial charge < -0.3 is 24.4 Å². The van der Waals surface area contributed by atoms with Crippen molar-refractivity contribution >= 4 is 11.8 Å². The summed E-state index contributed by atoms with van der Waals surface area (Å²) in [6, 6.07) is 5.50. The SMILES string of the molecule is O=C(O)CC(Cc1nc(CCCCNC2=NCCCC2)no1)c1ccc2c(c1)OCO2. The number of hydrogen-bond donors (Lipinski definition) is 2. The van der Waals surface area contributed by atoms with Crippen molar-refractivity contribution in [3.05, 3.63) is 35.5 Å². The van der Waals surface area contributed by atoms with Crippen LogP contribution < -0.4 is 14.8 Å². The summed E-state index contributed by atoms with van der Waals surface area (Å²) in [6.07, 6.45) is 6.45. The van der Waals surface area contributed by atoms with Gasteiger partial charge in [-0.25, -0.2) is 0 Å². The zero-order valence-electron chi connectivity index (χ0n) is 17.5. The molecule has 1 aromatic carbocycles. The molecule has 0 bridgehead atoms. The summed E-state index contributed by atoms with van der Waals surface area (Å²) < 4.78 is 16.2. The molecule has 4 rings (SSSR count). The Kier molecular flexibility index (Phi) is 7.01. The number of unbranched alkanes of at least 4 members (excludes halogenated alkanes) is 1. The number of aliphatic carboxylic acids is 1. The highest BCUT2D eigenvalue weighted by molar-refractivity contribution is 5.82. The van der Waals surface area contributed by atoms with E-state index in [4.69, 9.17) is 14.0 Å². The first-order valence-electron chi connectivity index (χ1n) is 10.9. The topological polar surface area (TPSA) is 119 Å². The summed E-state index contributed by atoms with van der Waals surface area (Å²) in [7, 11) is 0. The van der Waals surface area contributed by atoms with Gasteiger partial charge >= 0.3 is 5.97 Å². The van der Waals surface area contributed by atoms with E-state index in [9.17, 15) is 9.90 Å². The average molecular weight is 428 g/mol. The zero-order valence-corrected chi connectivity index (χ0v) is 17.5. The third-order valence-electron chi connectivity index (χ3n) is 5.50. The molecule has 3 heterocycles. The van der Waals surface area contributed by atoms with Crippen LogP contribution in [0.25, 0.3) is 0 Å². The Balaban J connectivity index is 1.28. The number of carboxylic acids is 1. The number of aryl methyl sites for hydroxylation is 1. The molecule has 31 heavy (non-hydrogen) atoms. The highest BCUT2D eigenvalue weighted by Gasteiger charge is 2.23. The summed E-state index contributed by atoms with van der Waals surface area (Å²) in [4.78, 5) is 20.4. The zero-order chi connectivity index (χ0) is 21.5. The summed E-state index contributed by atoms with van der Waals surface area (Å²) >= 11 is 0. The molecular formula is C22H28N4O5. The first-order valence-corrected chi connectivity index (χ1v) is 10.9. The predicted octanol–water partition coefficient (Wildman–Crippen LogP) is 3.09. The van der Waals surface area contributed by atoms with Gasteiger partial charge in [-0.15, -0.1) is 0 Å². The maximum Gasteiger partial charge on any atom is 0.303 e. The van der Waals surface area contributed by atoms with Crippen molar-refractivity contribution in [1.29, 1.82) is 0 Å². The minimum Gasteiger partial charge on any atom is -0.481 e. The number of carboxylic acid groups (broad SMARTS) is 1. The van der Waals surface area contributed by atoms with Gasteiger partial charge in [-0.2, -0.15) is 4.98 Å². The molecule has 0 aliphatic carbocycles. The van der Waals surface area contributed by atoms with Crippen LogP contribution in [0.15, 0.2) is 27.7 Å². The van der Waals surface area contributed by atoms with Crippen molar-refractivity contribution in [2.24, 2.45) is 4.99 Å². The molecule has 1 aromatic heterocycles. The molecule has 166 valence electrons. The molecule has 0 amide bonds. The van der Waals surface area contributed by atoms with Gasteiger partial charge in [0.25, 0.3) is 0 Å². The summed E-state index contributed by atoms with van der Waals surface area (Å²) in [5.74, 6) is 2.37. The van der Waals surface area contributed by atoms with E-state index in [2.05, 4.69) is 20.4 Å². The van der Waals surface area contributed by atoms with Crippen LogP contribution in [-0.4, -0.2) is 46.9 Å². The van der Waals surface area contributed by atoms with Crippen LogP contribution in [0.5, 0.6) is 11.5 Å². The van der Waals surface area contributed by atoms with Gasteiger partial charge in [-0.05, 0) is 43.4 Å². The molecule has 9 nitrogen and oxygen atoms in total. The van der Waals surface area contributed by atoms with Crippen LogP contribution in [0, 0.1) is 0 Å². The van der Waals surface area contributed by atoms with Crippen LogP contribution >= 0.6 is 0 Å². The number of benzene rings is 1. The number of rotatable bonds is 10. The molecule has 2 aliphatic heterocycles. The lowest BCUT2D eigenvalue weighted by Crippen LogP contribution is -2.26. The van der Waals surface area contributed by atoms with Crippen LogP contribution in [0.2, 0.25) is 0 Å². The molecule has 2 N–H and O–H groups in total. The van der Waals surface area contributed by atoms with E-state index in [-0.39, 0.29) is 19.1 Å². The monoisotopic (exact) mass is 428 g/mol. The molecule has 2 aromatic rings. The number of aromatic nitrogens is 2. The first kappa shape index (κ1) is 21.1. The summed E-state index contributed by atoms with van der Waals surface area (Å²) in [5.41, 5.74) is 0.850. The second kappa shape index (κ2) is 10.3. The molecule has 0 fully saturated rings. The number of amidine groups is 1. The Bertz CT molecular complexity index is 926. The molecule has 0 radical (unpaired) electrons. The van der Waals surface area contributed by atoms with Gasteiger partial charge in [0.1, 0.15) is 0 Å². The normalized spacial score (nSPS) is 16.1. The van der Waals surface area contributed by atoms with E-state index in [0.29, 0.717) is 29.6 Å². The van der Waals surface area contributed by atoms with Gasteiger partial charge in [-0.3, -0.25) is 9.79 Å². The Morgan fingerprint density at radius 3 is 2.94 bits per heavy atom. The van der Waals surface area contributed by atoms with Crippen LogP contribution in [-0.2, 0) is 17.6 Å².